The van der Waals surface area contributed by atoms with Crippen LogP contribution >= 0.6 is 15.9 Å². The van der Waals surface area contributed by atoms with Crippen LogP contribution in [0.25, 0.3) is 0 Å². The highest BCUT2D eigenvalue weighted by Crippen LogP contribution is 2.29. The van der Waals surface area contributed by atoms with Gasteiger partial charge in [-0.25, -0.2) is 4.98 Å². The fourth-order valence-corrected chi connectivity index (χ4v) is 2.27. The van der Waals surface area contributed by atoms with Crippen molar-refractivity contribution in [2.24, 2.45) is 5.92 Å². The van der Waals surface area contributed by atoms with E-state index < -0.39 is 0 Å². The van der Waals surface area contributed by atoms with E-state index in [0.717, 1.165) is 35.0 Å². The standard InChI is InChI=1S/C11H16BrN3/c1-8-2-4-15(5-3-8)10-6-11(12)14-7-9(10)13/h6-8H,2-5,13H2,1H3. The molecular formula is C11H16BrN3. The monoisotopic (exact) mass is 269 g/mol. The van der Waals surface area contributed by atoms with Gasteiger partial charge in [-0.15, -0.1) is 0 Å². The van der Waals surface area contributed by atoms with Gasteiger partial charge < -0.3 is 10.6 Å². The molecule has 0 bridgehead atoms. The lowest BCUT2D eigenvalue weighted by Crippen LogP contribution is -2.33. The molecule has 2 rings (SSSR count). The minimum Gasteiger partial charge on any atom is -0.396 e. The number of nitrogens with zero attached hydrogens (tertiary/aromatic N) is 2. The predicted octanol–water partition coefficient (Wildman–Crippen LogP) is 2.66. The Balaban J connectivity index is 2.18. The molecule has 1 aromatic rings. The Morgan fingerprint density at radius 1 is 1.47 bits per heavy atom. The summed E-state index contributed by atoms with van der Waals surface area (Å²) in [7, 11) is 0. The van der Waals surface area contributed by atoms with Crippen LogP contribution in [0, 0.1) is 5.92 Å². The average molecular weight is 270 g/mol. The highest BCUT2D eigenvalue weighted by Gasteiger charge is 2.17. The smallest absolute Gasteiger partial charge is 0.108 e. The van der Waals surface area contributed by atoms with Crippen molar-refractivity contribution in [2.45, 2.75) is 19.8 Å². The molecule has 0 unspecified atom stereocenters. The molecule has 2 N–H and O–H groups in total. The maximum absolute atomic E-state index is 5.93. The number of nitrogens with two attached hydrogens (primary N) is 1. The Morgan fingerprint density at radius 3 is 2.80 bits per heavy atom. The quantitative estimate of drug-likeness (QED) is 0.798. The van der Waals surface area contributed by atoms with Crippen molar-refractivity contribution in [1.29, 1.82) is 0 Å². The molecule has 0 aromatic carbocycles. The predicted molar refractivity (Wildman–Crippen MR) is 67.0 cm³/mol. The minimum atomic E-state index is 0.771. The number of pyridine rings is 1. The molecule has 1 saturated heterocycles. The van der Waals surface area contributed by atoms with E-state index in [9.17, 15) is 0 Å². The van der Waals surface area contributed by atoms with Crippen molar-refractivity contribution in [3.8, 4) is 0 Å². The van der Waals surface area contributed by atoms with Crippen LogP contribution in [-0.2, 0) is 0 Å². The lowest BCUT2D eigenvalue weighted by atomic mass is 9.99. The Morgan fingerprint density at radius 2 is 2.13 bits per heavy atom. The van der Waals surface area contributed by atoms with Crippen LogP contribution in [0.15, 0.2) is 16.9 Å². The van der Waals surface area contributed by atoms with Crippen molar-refractivity contribution in [3.63, 3.8) is 0 Å². The van der Waals surface area contributed by atoms with Crippen LogP contribution in [0.2, 0.25) is 0 Å². The Kier molecular flexibility index (Phi) is 3.14. The van der Waals surface area contributed by atoms with Crippen molar-refractivity contribution in [2.75, 3.05) is 23.7 Å². The van der Waals surface area contributed by atoms with Gasteiger partial charge in [0.15, 0.2) is 0 Å². The van der Waals surface area contributed by atoms with E-state index in [1.807, 2.05) is 6.07 Å². The summed E-state index contributed by atoms with van der Waals surface area (Å²) in [5.41, 5.74) is 7.82. The van der Waals surface area contributed by atoms with Crippen LogP contribution in [0.5, 0.6) is 0 Å². The summed E-state index contributed by atoms with van der Waals surface area (Å²) < 4.78 is 0.852. The summed E-state index contributed by atoms with van der Waals surface area (Å²) in [6.07, 6.45) is 4.22. The number of anilines is 2. The van der Waals surface area contributed by atoms with E-state index in [1.165, 1.54) is 12.8 Å². The molecule has 82 valence electrons. The van der Waals surface area contributed by atoms with Gasteiger partial charge in [0.2, 0.25) is 0 Å². The Hall–Kier alpha value is -0.770. The van der Waals surface area contributed by atoms with E-state index in [0.29, 0.717) is 0 Å². The summed E-state index contributed by atoms with van der Waals surface area (Å²) >= 11 is 3.38. The van der Waals surface area contributed by atoms with E-state index >= 15 is 0 Å². The summed E-state index contributed by atoms with van der Waals surface area (Å²) in [6.45, 7) is 4.51. The molecule has 0 amide bonds. The Bertz CT molecular complexity index is 346. The van der Waals surface area contributed by atoms with Gasteiger partial charge in [-0.1, -0.05) is 6.92 Å². The summed E-state index contributed by atoms with van der Waals surface area (Å²) in [6, 6.07) is 2.01. The first-order chi connectivity index (χ1) is 7.16. The van der Waals surface area contributed by atoms with Crippen LogP contribution < -0.4 is 10.6 Å². The summed E-state index contributed by atoms with van der Waals surface area (Å²) in [5, 5.41) is 0. The normalized spacial score (nSPS) is 18.1. The molecule has 0 radical (unpaired) electrons. The number of piperidine rings is 1. The van der Waals surface area contributed by atoms with Crippen molar-refractivity contribution in [3.05, 3.63) is 16.9 Å². The second kappa shape index (κ2) is 4.39. The zero-order valence-corrected chi connectivity index (χ0v) is 10.5. The van der Waals surface area contributed by atoms with Gasteiger partial charge in [-0.2, -0.15) is 0 Å². The maximum Gasteiger partial charge on any atom is 0.108 e. The van der Waals surface area contributed by atoms with Gasteiger partial charge in [0.25, 0.3) is 0 Å². The molecule has 1 aliphatic heterocycles. The van der Waals surface area contributed by atoms with Crippen molar-refractivity contribution >= 4 is 27.3 Å². The zero-order chi connectivity index (χ0) is 10.8. The molecule has 0 aliphatic carbocycles. The molecule has 15 heavy (non-hydrogen) atoms. The molecule has 0 atom stereocenters. The molecular weight excluding hydrogens is 254 g/mol. The molecule has 1 fully saturated rings. The van der Waals surface area contributed by atoms with Crippen LogP contribution in [-0.4, -0.2) is 18.1 Å². The fraction of sp³-hybridized carbons (Fsp3) is 0.545. The third-order valence-corrected chi connectivity index (χ3v) is 3.44. The van der Waals surface area contributed by atoms with Crippen molar-refractivity contribution in [1.82, 2.24) is 4.98 Å². The van der Waals surface area contributed by atoms with E-state index in [-0.39, 0.29) is 0 Å². The second-order valence-electron chi connectivity index (χ2n) is 4.24. The molecule has 1 aliphatic rings. The number of nitrogen functional groups attached to an aromatic ring is 1. The summed E-state index contributed by atoms with van der Waals surface area (Å²) in [4.78, 5) is 6.46. The molecule has 3 nitrogen and oxygen atoms in total. The van der Waals surface area contributed by atoms with Gasteiger partial charge in [0.1, 0.15) is 4.60 Å². The van der Waals surface area contributed by atoms with Crippen LogP contribution in [0.3, 0.4) is 0 Å². The highest BCUT2D eigenvalue weighted by atomic mass is 79.9. The minimum absolute atomic E-state index is 0.771. The number of halogens is 1. The van der Waals surface area contributed by atoms with Gasteiger partial charge in [0, 0.05) is 13.1 Å². The number of hydrogen-bond donors (Lipinski definition) is 1. The second-order valence-corrected chi connectivity index (χ2v) is 5.05. The van der Waals surface area contributed by atoms with Crippen LogP contribution in [0.4, 0.5) is 11.4 Å². The number of hydrogen-bond acceptors (Lipinski definition) is 3. The number of aromatic nitrogens is 1. The highest BCUT2D eigenvalue weighted by molar-refractivity contribution is 9.10. The lowest BCUT2D eigenvalue weighted by Gasteiger charge is -2.32. The summed E-state index contributed by atoms with van der Waals surface area (Å²) in [5.74, 6) is 0.841. The van der Waals surface area contributed by atoms with Gasteiger partial charge in [0.05, 0.1) is 17.6 Å². The third kappa shape index (κ3) is 2.43. The lowest BCUT2D eigenvalue weighted by molar-refractivity contribution is 0.438. The van der Waals surface area contributed by atoms with E-state index in [1.54, 1.807) is 6.20 Å². The average Bonchev–Trinajstić information content (AvgIpc) is 2.23. The first-order valence-electron chi connectivity index (χ1n) is 5.33. The van der Waals surface area contributed by atoms with E-state index in [2.05, 4.69) is 32.7 Å². The third-order valence-electron chi connectivity index (χ3n) is 3.00. The Labute approximate surface area is 98.8 Å². The van der Waals surface area contributed by atoms with Gasteiger partial charge >= 0.3 is 0 Å². The SMILES string of the molecule is CC1CCN(c2cc(Br)ncc2N)CC1. The maximum atomic E-state index is 5.93. The zero-order valence-electron chi connectivity index (χ0n) is 8.91. The number of rotatable bonds is 1. The van der Waals surface area contributed by atoms with Crippen molar-refractivity contribution < 1.29 is 0 Å². The molecule has 2 heterocycles. The molecule has 0 saturated carbocycles. The molecule has 1 aromatic heterocycles. The molecule has 4 heteroatoms. The van der Waals surface area contributed by atoms with E-state index in [4.69, 9.17) is 5.73 Å². The largest absolute Gasteiger partial charge is 0.396 e. The topological polar surface area (TPSA) is 42.2 Å². The first kappa shape index (κ1) is 10.7. The first-order valence-corrected chi connectivity index (χ1v) is 6.12. The van der Waals surface area contributed by atoms with Gasteiger partial charge in [-0.05, 0) is 40.8 Å². The van der Waals surface area contributed by atoms with Gasteiger partial charge in [-0.3, -0.25) is 0 Å². The molecule has 0 spiro atoms. The fourth-order valence-electron chi connectivity index (χ4n) is 1.95. The van der Waals surface area contributed by atoms with Crippen LogP contribution in [0.1, 0.15) is 19.8 Å².